The van der Waals surface area contributed by atoms with Crippen molar-refractivity contribution in [3.8, 4) is 0 Å². The Kier molecular flexibility index (Phi) is 1.92. The Morgan fingerprint density at radius 3 is 3.15 bits per heavy atom. The minimum atomic E-state index is 0.648. The van der Waals surface area contributed by atoms with Crippen molar-refractivity contribution < 1.29 is 4.79 Å². The molecule has 0 saturated heterocycles. The second kappa shape index (κ2) is 3.23. The van der Waals surface area contributed by atoms with E-state index in [4.69, 9.17) is 0 Å². The largest absolute Gasteiger partial charge is 0.328 e. The number of nitrogens with one attached hydrogen (secondary N) is 1. The molecule has 1 radical (unpaired) electrons. The molecule has 0 fully saturated rings. The van der Waals surface area contributed by atoms with E-state index in [9.17, 15) is 4.79 Å². The molecule has 1 N–H and O–H groups in total. The highest BCUT2D eigenvalue weighted by Crippen LogP contribution is 2.20. The van der Waals surface area contributed by atoms with Crippen LogP contribution in [-0.2, 0) is 4.79 Å². The first-order valence-electron chi connectivity index (χ1n) is 3.87. The Labute approximate surface area is 75.4 Å². The van der Waals surface area contributed by atoms with Crippen molar-refractivity contribution in [2.45, 2.75) is 0 Å². The van der Waals surface area contributed by atoms with Gasteiger partial charge in [-0.15, -0.1) is 0 Å². The van der Waals surface area contributed by atoms with Crippen LogP contribution in [0.2, 0.25) is 0 Å². The van der Waals surface area contributed by atoms with Gasteiger partial charge in [-0.05, 0) is 17.5 Å². The van der Waals surface area contributed by atoms with Crippen LogP contribution in [0.4, 0.5) is 5.69 Å². The molecule has 2 aromatic rings. The number of carbonyl (C=O) groups excluding carboxylic acids is 1. The lowest BCUT2D eigenvalue weighted by Gasteiger charge is -2.02. The Morgan fingerprint density at radius 1 is 1.38 bits per heavy atom. The average molecular weight is 171 g/mol. The number of benzene rings is 1. The summed E-state index contributed by atoms with van der Waals surface area (Å²) >= 11 is 0. The highest BCUT2D eigenvalue weighted by atomic mass is 16.1. The number of carbonyl (C=O) groups is 1. The monoisotopic (exact) mass is 171 g/mol. The smallest absolute Gasteiger partial charge is 0.211 e. The van der Waals surface area contributed by atoms with Crippen molar-refractivity contribution in [1.82, 2.24) is 4.98 Å². The summed E-state index contributed by atoms with van der Waals surface area (Å²) in [4.78, 5) is 14.1. The van der Waals surface area contributed by atoms with Crippen LogP contribution in [0.25, 0.3) is 10.8 Å². The molecule has 1 aromatic carbocycles. The van der Waals surface area contributed by atoms with Gasteiger partial charge in [-0.1, -0.05) is 12.1 Å². The third-order valence-electron chi connectivity index (χ3n) is 1.82. The summed E-state index contributed by atoms with van der Waals surface area (Å²) < 4.78 is 0. The summed E-state index contributed by atoms with van der Waals surface area (Å²) in [5.74, 6) is 0. The predicted molar refractivity (Wildman–Crippen MR) is 50.3 cm³/mol. The maximum absolute atomic E-state index is 10.3. The van der Waals surface area contributed by atoms with Gasteiger partial charge in [-0.3, -0.25) is 9.78 Å². The summed E-state index contributed by atoms with van der Waals surface area (Å²) in [6, 6.07) is 7.52. The molecule has 0 aliphatic heterocycles. The topological polar surface area (TPSA) is 42.0 Å². The number of rotatable bonds is 2. The fourth-order valence-corrected chi connectivity index (χ4v) is 1.24. The molecule has 13 heavy (non-hydrogen) atoms. The first-order chi connectivity index (χ1) is 6.42. The molecule has 1 aromatic heterocycles. The minimum Gasteiger partial charge on any atom is -0.328 e. The van der Waals surface area contributed by atoms with E-state index in [1.165, 1.54) is 0 Å². The molecule has 0 unspecified atom stereocenters. The van der Waals surface area contributed by atoms with Gasteiger partial charge in [0.05, 0.1) is 11.9 Å². The van der Waals surface area contributed by atoms with Crippen LogP contribution in [0.15, 0.2) is 30.5 Å². The maximum Gasteiger partial charge on any atom is 0.211 e. The lowest BCUT2D eigenvalue weighted by atomic mass is 10.1. The van der Waals surface area contributed by atoms with Crippen LogP contribution >= 0.6 is 0 Å². The van der Waals surface area contributed by atoms with Gasteiger partial charge >= 0.3 is 0 Å². The summed E-state index contributed by atoms with van der Waals surface area (Å²) in [6.07, 6.45) is 5.15. The van der Waals surface area contributed by atoms with Gasteiger partial charge in [0.2, 0.25) is 6.41 Å². The molecule has 3 nitrogen and oxygen atoms in total. The molecule has 0 bridgehead atoms. The van der Waals surface area contributed by atoms with Gasteiger partial charge < -0.3 is 5.32 Å². The van der Waals surface area contributed by atoms with E-state index in [0.717, 1.165) is 16.5 Å². The Balaban J connectivity index is 2.68. The van der Waals surface area contributed by atoms with Crippen molar-refractivity contribution in [3.63, 3.8) is 0 Å². The van der Waals surface area contributed by atoms with Crippen LogP contribution in [0.5, 0.6) is 0 Å². The van der Waals surface area contributed by atoms with Gasteiger partial charge in [0.15, 0.2) is 0 Å². The van der Waals surface area contributed by atoms with Crippen LogP contribution in [0.1, 0.15) is 0 Å². The van der Waals surface area contributed by atoms with Gasteiger partial charge in [-0.2, -0.15) is 0 Å². The van der Waals surface area contributed by atoms with Crippen molar-refractivity contribution >= 4 is 22.9 Å². The Bertz CT molecular complexity index is 434. The van der Waals surface area contributed by atoms with E-state index in [1.54, 1.807) is 6.20 Å². The summed E-state index contributed by atoms with van der Waals surface area (Å²) in [7, 11) is 0. The van der Waals surface area contributed by atoms with Gasteiger partial charge in [0.1, 0.15) is 0 Å². The van der Waals surface area contributed by atoms with Crippen LogP contribution in [-0.4, -0.2) is 11.4 Å². The Morgan fingerprint density at radius 2 is 2.31 bits per heavy atom. The third kappa shape index (κ3) is 1.36. The summed E-state index contributed by atoms with van der Waals surface area (Å²) in [5, 5.41) is 4.44. The van der Waals surface area contributed by atoms with E-state index in [0.29, 0.717) is 6.41 Å². The summed E-state index contributed by atoms with van der Waals surface area (Å²) in [5.41, 5.74) is 0.737. The van der Waals surface area contributed by atoms with Gasteiger partial charge in [0, 0.05) is 11.6 Å². The molecule has 1 heterocycles. The summed E-state index contributed by atoms with van der Waals surface area (Å²) in [6.45, 7) is 0. The second-order valence-electron chi connectivity index (χ2n) is 2.59. The standard InChI is InChI=1S/C10H7N2O/c13-7-12-10-3-1-2-8-4-5-11-6-9(8)10/h1-5,7H,(H,12,13). The zero-order valence-electron chi connectivity index (χ0n) is 6.82. The van der Waals surface area contributed by atoms with Gasteiger partial charge in [0.25, 0.3) is 0 Å². The van der Waals surface area contributed by atoms with E-state index >= 15 is 0 Å². The number of amides is 1. The number of fused-ring (bicyclic) bond motifs is 1. The van der Waals surface area contributed by atoms with Crippen LogP contribution in [0.3, 0.4) is 0 Å². The number of hydrogen-bond acceptors (Lipinski definition) is 2. The first-order valence-corrected chi connectivity index (χ1v) is 3.87. The van der Waals surface area contributed by atoms with E-state index in [-0.39, 0.29) is 0 Å². The van der Waals surface area contributed by atoms with Crippen molar-refractivity contribution in [3.05, 3.63) is 36.7 Å². The zero-order valence-corrected chi connectivity index (χ0v) is 6.82. The fourth-order valence-electron chi connectivity index (χ4n) is 1.24. The van der Waals surface area contributed by atoms with E-state index < -0.39 is 0 Å². The second-order valence-corrected chi connectivity index (χ2v) is 2.59. The third-order valence-corrected chi connectivity index (χ3v) is 1.82. The molecule has 0 saturated carbocycles. The lowest BCUT2D eigenvalue weighted by molar-refractivity contribution is -0.105. The molecular weight excluding hydrogens is 164 g/mol. The predicted octanol–water partition coefficient (Wildman–Crippen LogP) is 1.60. The average Bonchev–Trinajstić information content (AvgIpc) is 2.19. The van der Waals surface area contributed by atoms with E-state index in [1.807, 2.05) is 24.3 Å². The highest BCUT2D eigenvalue weighted by molar-refractivity contribution is 5.96. The lowest BCUT2D eigenvalue weighted by Crippen LogP contribution is -1.94. The van der Waals surface area contributed by atoms with Crippen molar-refractivity contribution in [2.24, 2.45) is 0 Å². The van der Waals surface area contributed by atoms with Crippen LogP contribution < -0.4 is 5.32 Å². The van der Waals surface area contributed by atoms with E-state index in [2.05, 4.69) is 16.5 Å². The normalized spacial score (nSPS) is 9.85. The molecular formula is C10H7N2O. The number of aromatic nitrogens is 1. The fraction of sp³-hybridized carbons (Fsp3) is 0. The number of pyridine rings is 1. The number of hydrogen-bond donors (Lipinski definition) is 1. The molecule has 0 atom stereocenters. The molecule has 0 spiro atoms. The van der Waals surface area contributed by atoms with Crippen molar-refractivity contribution in [2.75, 3.05) is 5.32 Å². The maximum atomic E-state index is 10.3. The highest BCUT2D eigenvalue weighted by Gasteiger charge is 1.98. The van der Waals surface area contributed by atoms with Crippen LogP contribution in [0, 0.1) is 6.20 Å². The Hall–Kier alpha value is -1.90. The molecule has 0 aliphatic carbocycles. The minimum absolute atomic E-state index is 0.648. The molecule has 3 heteroatoms. The quantitative estimate of drug-likeness (QED) is 0.697. The zero-order chi connectivity index (χ0) is 9.10. The van der Waals surface area contributed by atoms with Crippen molar-refractivity contribution in [1.29, 1.82) is 0 Å². The molecule has 0 aliphatic rings. The van der Waals surface area contributed by atoms with Gasteiger partial charge in [-0.25, -0.2) is 0 Å². The molecule has 2 rings (SSSR count). The first kappa shape index (κ1) is 7.73. The SMILES string of the molecule is O=CNc1cccc2ccn[c]c12. The number of anilines is 1. The number of nitrogens with zero attached hydrogens (tertiary/aromatic N) is 1. The molecule has 63 valence electrons. The molecule has 1 amide bonds.